The van der Waals surface area contributed by atoms with Crippen LogP contribution in [-0.4, -0.2) is 21.7 Å². The molecule has 0 radical (unpaired) electrons. The van der Waals surface area contributed by atoms with Gasteiger partial charge in [0.05, 0.1) is 18.3 Å². The van der Waals surface area contributed by atoms with Crippen molar-refractivity contribution >= 4 is 5.91 Å². The first kappa shape index (κ1) is 12.7. The minimum Gasteiger partial charge on any atom is -0.349 e. The molecule has 1 aromatic rings. The van der Waals surface area contributed by atoms with Crippen LogP contribution in [-0.2, 0) is 18.4 Å². The van der Waals surface area contributed by atoms with Crippen molar-refractivity contribution in [3.05, 3.63) is 18.0 Å². The summed E-state index contributed by atoms with van der Waals surface area (Å²) in [6.45, 7) is 4.44. The topological polar surface area (TPSA) is 72.9 Å². The molecule has 0 aliphatic carbocycles. The van der Waals surface area contributed by atoms with Gasteiger partial charge < -0.3 is 11.1 Å². The predicted octanol–water partition coefficient (Wildman–Crippen LogP) is 0.410. The zero-order valence-corrected chi connectivity index (χ0v) is 10.1. The van der Waals surface area contributed by atoms with Gasteiger partial charge in [-0.1, -0.05) is 20.3 Å². The van der Waals surface area contributed by atoms with Crippen LogP contribution in [0.25, 0.3) is 0 Å². The third kappa shape index (κ3) is 3.34. The third-order valence-corrected chi connectivity index (χ3v) is 2.77. The fraction of sp³-hybridized carbons (Fsp3) is 0.636. The number of hydrogen-bond donors (Lipinski definition) is 2. The van der Waals surface area contributed by atoms with Crippen molar-refractivity contribution in [3.63, 3.8) is 0 Å². The Hall–Kier alpha value is -1.36. The van der Waals surface area contributed by atoms with Gasteiger partial charge in [-0.3, -0.25) is 9.48 Å². The molecule has 0 aromatic carbocycles. The molecule has 0 aliphatic heterocycles. The molecule has 1 heterocycles. The number of aryl methyl sites for hydroxylation is 1. The first-order chi connectivity index (χ1) is 7.54. The molecular weight excluding hydrogens is 204 g/mol. The Morgan fingerprint density at radius 1 is 1.69 bits per heavy atom. The SMILES string of the molecule is CCC(C)[C@H](N)C(=O)NCc1ccn(C)n1. The number of amides is 1. The van der Waals surface area contributed by atoms with Crippen molar-refractivity contribution in [3.8, 4) is 0 Å². The van der Waals surface area contributed by atoms with Gasteiger partial charge in [0.25, 0.3) is 0 Å². The van der Waals surface area contributed by atoms with Gasteiger partial charge in [-0.25, -0.2) is 0 Å². The van der Waals surface area contributed by atoms with Crippen LogP contribution in [0.1, 0.15) is 26.0 Å². The first-order valence-corrected chi connectivity index (χ1v) is 5.56. The van der Waals surface area contributed by atoms with Crippen molar-refractivity contribution in [2.75, 3.05) is 0 Å². The van der Waals surface area contributed by atoms with Crippen molar-refractivity contribution < 1.29 is 4.79 Å². The second-order valence-electron chi connectivity index (χ2n) is 4.11. The van der Waals surface area contributed by atoms with Crippen LogP contribution in [0, 0.1) is 5.92 Å². The van der Waals surface area contributed by atoms with Gasteiger partial charge in [0.15, 0.2) is 0 Å². The highest BCUT2D eigenvalue weighted by Gasteiger charge is 2.18. The number of carbonyl (C=O) groups is 1. The van der Waals surface area contributed by atoms with Crippen LogP contribution < -0.4 is 11.1 Å². The molecule has 0 aliphatic rings. The minimum atomic E-state index is -0.436. The molecule has 90 valence electrons. The minimum absolute atomic E-state index is 0.111. The average Bonchev–Trinajstić information content (AvgIpc) is 2.69. The van der Waals surface area contributed by atoms with E-state index < -0.39 is 6.04 Å². The second-order valence-corrected chi connectivity index (χ2v) is 4.11. The number of carbonyl (C=O) groups excluding carboxylic acids is 1. The lowest BCUT2D eigenvalue weighted by Crippen LogP contribution is -2.44. The van der Waals surface area contributed by atoms with Gasteiger partial charge in [0, 0.05) is 13.2 Å². The van der Waals surface area contributed by atoms with E-state index in [2.05, 4.69) is 10.4 Å². The summed E-state index contributed by atoms with van der Waals surface area (Å²) in [4.78, 5) is 11.7. The van der Waals surface area contributed by atoms with Crippen LogP contribution in [0.15, 0.2) is 12.3 Å². The molecule has 2 atom stereocenters. The number of rotatable bonds is 5. The van der Waals surface area contributed by atoms with Crippen molar-refractivity contribution in [1.29, 1.82) is 0 Å². The number of nitrogens with two attached hydrogens (primary N) is 1. The fourth-order valence-electron chi connectivity index (χ4n) is 1.37. The fourth-order valence-corrected chi connectivity index (χ4v) is 1.37. The van der Waals surface area contributed by atoms with Crippen LogP contribution in [0.4, 0.5) is 0 Å². The Balaban J connectivity index is 2.40. The summed E-state index contributed by atoms with van der Waals surface area (Å²) in [7, 11) is 1.84. The summed E-state index contributed by atoms with van der Waals surface area (Å²) in [6.07, 6.45) is 2.74. The highest BCUT2D eigenvalue weighted by atomic mass is 16.2. The summed E-state index contributed by atoms with van der Waals surface area (Å²) in [5, 5.41) is 6.96. The lowest BCUT2D eigenvalue weighted by molar-refractivity contribution is -0.123. The molecule has 0 bridgehead atoms. The second kappa shape index (κ2) is 5.65. The lowest BCUT2D eigenvalue weighted by Gasteiger charge is -2.17. The molecule has 5 nitrogen and oxygen atoms in total. The molecule has 1 rings (SSSR count). The van der Waals surface area contributed by atoms with E-state index in [9.17, 15) is 4.79 Å². The van der Waals surface area contributed by atoms with Crippen LogP contribution in [0.2, 0.25) is 0 Å². The van der Waals surface area contributed by atoms with E-state index in [0.717, 1.165) is 12.1 Å². The molecule has 1 unspecified atom stereocenters. The molecule has 0 fully saturated rings. The van der Waals surface area contributed by atoms with Crippen molar-refractivity contribution in [1.82, 2.24) is 15.1 Å². The van der Waals surface area contributed by atoms with E-state index in [-0.39, 0.29) is 11.8 Å². The highest BCUT2D eigenvalue weighted by Crippen LogP contribution is 2.05. The third-order valence-electron chi connectivity index (χ3n) is 2.77. The normalized spacial score (nSPS) is 14.5. The van der Waals surface area contributed by atoms with Crippen LogP contribution in [0.3, 0.4) is 0 Å². The molecule has 3 N–H and O–H groups in total. The van der Waals surface area contributed by atoms with Crippen molar-refractivity contribution in [2.24, 2.45) is 18.7 Å². The first-order valence-electron chi connectivity index (χ1n) is 5.56. The molecule has 0 spiro atoms. The zero-order valence-electron chi connectivity index (χ0n) is 10.1. The maximum atomic E-state index is 11.7. The van der Waals surface area contributed by atoms with E-state index in [1.165, 1.54) is 0 Å². The van der Waals surface area contributed by atoms with E-state index >= 15 is 0 Å². The van der Waals surface area contributed by atoms with Gasteiger partial charge in [-0.2, -0.15) is 5.10 Å². The molecule has 5 heteroatoms. The number of aromatic nitrogens is 2. The maximum absolute atomic E-state index is 11.7. The Kier molecular flexibility index (Phi) is 4.49. The van der Waals surface area contributed by atoms with E-state index in [0.29, 0.717) is 6.54 Å². The average molecular weight is 224 g/mol. The lowest BCUT2D eigenvalue weighted by atomic mass is 9.99. The predicted molar refractivity (Wildman–Crippen MR) is 62.5 cm³/mol. The quantitative estimate of drug-likeness (QED) is 0.761. The summed E-state index contributed by atoms with van der Waals surface area (Å²) >= 11 is 0. The Bertz CT molecular complexity index is 348. The number of hydrogen-bond acceptors (Lipinski definition) is 3. The molecule has 16 heavy (non-hydrogen) atoms. The molecular formula is C11H20N4O. The Labute approximate surface area is 96.0 Å². The zero-order chi connectivity index (χ0) is 12.1. The maximum Gasteiger partial charge on any atom is 0.237 e. The smallest absolute Gasteiger partial charge is 0.237 e. The van der Waals surface area contributed by atoms with E-state index in [1.807, 2.05) is 33.2 Å². The Morgan fingerprint density at radius 3 is 2.88 bits per heavy atom. The van der Waals surface area contributed by atoms with Crippen molar-refractivity contribution in [2.45, 2.75) is 32.9 Å². The van der Waals surface area contributed by atoms with Crippen LogP contribution >= 0.6 is 0 Å². The molecule has 0 saturated heterocycles. The van der Waals surface area contributed by atoms with Crippen LogP contribution in [0.5, 0.6) is 0 Å². The standard InChI is InChI=1S/C11H20N4O/c1-4-8(2)10(12)11(16)13-7-9-5-6-15(3)14-9/h5-6,8,10H,4,7,12H2,1-3H3,(H,13,16)/t8?,10-/m0/s1. The number of nitrogens with one attached hydrogen (secondary N) is 1. The summed E-state index contributed by atoms with van der Waals surface area (Å²) in [5.74, 6) is 0.0868. The molecule has 1 aromatic heterocycles. The molecule has 0 saturated carbocycles. The van der Waals surface area contributed by atoms with Gasteiger partial charge in [-0.15, -0.1) is 0 Å². The van der Waals surface area contributed by atoms with Gasteiger partial charge in [-0.05, 0) is 12.0 Å². The Morgan fingerprint density at radius 2 is 2.38 bits per heavy atom. The van der Waals surface area contributed by atoms with Gasteiger partial charge in [0.2, 0.25) is 5.91 Å². The van der Waals surface area contributed by atoms with Gasteiger partial charge in [0.1, 0.15) is 0 Å². The molecule has 1 amide bonds. The monoisotopic (exact) mass is 224 g/mol. The van der Waals surface area contributed by atoms with E-state index in [1.54, 1.807) is 4.68 Å². The van der Waals surface area contributed by atoms with Gasteiger partial charge >= 0.3 is 0 Å². The largest absolute Gasteiger partial charge is 0.349 e. The summed E-state index contributed by atoms with van der Waals surface area (Å²) < 4.78 is 1.70. The summed E-state index contributed by atoms with van der Waals surface area (Å²) in [6, 6.07) is 1.43. The van der Waals surface area contributed by atoms with E-state index in [4.69, 9.17) is 5.73 Å². The number of nitrogens with zero attached hydrogens (tertiary/aromatic N) is 2. The summed E-state index contributed by atoms with van der Waals surface area (Å²) in [5.41, 5.74) is 6.64. The highest BCUT2D eigenvalue weighted by molar-refractivity contribution is 5.81.